The number of sulfonamides is 1. The number of aryl methyl sites for hydroxylation is 1. The van der Waals surface area contributed by atoms with Crippen LogP contribution in [0.3, 0.4) is 0 Å². The van der Waals surface area contributed by atoms with E-state index >= 15 is 0 Å². The predicted molar refractivity (Wildman–Crippen MR) is 93.9 cm³/mol. The Bertz CT molecular complexity index is 740. The Labute approximate surface area is 138 Å². The topological polar surface area (TPSA) is 72.2 Å². The quantitative estimate of drug-likeness (QED) is 0.818. The zero-order valence-electron chi connectivity index (χ0n) is 13.6. The van der Waals surface area contributed by atoms with Gasteiger partial charge in [-0.15, -0.1) is 0 Å². The fourth-order valence-corrected chi connectivity index (χ4v) is 3.07. The van der Waals surface area contributed by atoms with Gasteiger partial charge in [-0.1, -0.05) is 36.4 Å². The van der Waals surface area contributed by atoms with E-state index in [1.54, 1.807) is 12.1 Å². The van der Waals surface area contributed by atoms with Gasteiger partial charge in [-0.05, 0) is 62.1 Å². The maximum atomic E-state index is 11.2. The second-order valence-corrected chi connectivity index (χ2v) is 7.49. The van der Waals surface area contributed by atoms with Crippen LogP contribution in [-0.4, -0.2) is 21.0 Å². The van der Waals surface area contributed by atoms with E-state index in [0.717, 1.165) is 24.9 Å². The van der Waals surface area contributed by atoms with Crippen molar-refractivity contribution in [1.82, 2.24) is 5.32 Å². The summed E-state index contributed by atoms with van der Waals surface area (Å²) in [6.07, 6.45) is 1.85. The summed E-state index contributed by atoms with van der Waals surface area (Å²) in [5.74, 6) is 0. The van der Waals surface area contributed by atoms with Gasteiger partial charge in [0.1, 0.15) is 0 Å². The summed E-state index contributed by atoms with van der Waals surface area (Å²) in [5, 5.41) is 8.60. The fourth-order valence-electron chi connectivity index (χ4n) is 2.55. The fraction of sp³-hybridized carbons (Fsp3) is 0.333. The van der Waals surface area contributed by atoms with Gasteiger partial charge in [0.25, 0.3) is 0 Å². The molecule has 2 aromatic rings. The summed E-state index contributed by atoms with van der Waals surface area (Å²) in [6, 6.07) is 15.6. The first-order valence-electron chi connectivity index (χ1n) is 7.76. The Kier molecular flexibility index (Phi) is 5.93. The highest BCUT2D eigenvalue weighted by Crippen LogP contribution is 2.11. The molecule has 0 amide bonds. The van der Waals surface area contributed by atoms with Crippen molar-refractivity contribution < 1.29 is 8.42 Å². The molecule has 0 aromatic heterocycles. The highest BCUT2D eigenvalue weighted by molar-refractivity contribution is 7.89. The van der Waals surface area contributed by atoms with Crippen LogP contribution < -0.4 is 10.5 Å². The van der Waals surface area contributed by atoms with Gasteiger partial charge in [0.15, 0.2) is 0 Å². The molecule has 0 spiro atoms. The lowest BCUT2D eigenvalue weighted by atomic mass is 10.0. The zero-order valence-corrected chi connectivity index (χ0v) is 14.4. The molecule has 0 aliphatic heterocycles. The molecule has 0 saturated heterocycles. The summed E-state index contributed by atoms with van der Waals surface area (Å²) < 4.78 is 22.4. The van der Waals surface area contributed by atoms with Gasteiger partial charge in [0, 0.05) is 6.04 Å². The Morgan fingerprint density at radius 2 is 1.74 bits per heavy atom. The van der Waals surface area contributed by atoms with Gasteiger partial charge in [-0.25, -0.2) is 13.6 Å². The molecule has 4 nitrogen and oxygen atoms in total. The van der Waals surface area contributed by atoms with Crippen molar-refractivity contribution in [3.63, 3.8) is 0 Å². The summed E-state index contributed by atoms with van der Waals surface area (Å²) in [6.45, 7) is 5.16. The van der Waals surface area contributed by atoms with Crippen molar-refractivity contribution >= 4 is 10.0 Å². The van der Waals surface area contributed by atoms with Crippen LogP contribution in [0.1, 0.15) is 23.6 Å². The molecule has 3 N–H and O–H groups in total. The lowest BCUT2D eigenvalue weighted by molar-refractivity contribution is 0.547. The number of rotatable bonds is 7. The molecule has 1 unspecified atom stereocenters. The molecule has 2 rings (SSSR count). The average Bonchev–Trinajstić information content (AvgIpc) is 2.49. The molecule has 23 heavy (non-hydrogen) atoms. The summed E-state index contributed by atoms with van der Waals surface area (Å²) >= 11 is 0. The van der Waals surface area contributed by atoms with Gasteiger partial charge in [0.2, 0.25) is 10.0 Å². The third-order valence-corrected chi connectivity index (χ3v) is 4.87. The van der Waals surface area contributed by atoms with Crippen LogP contribution >= 0.6 is 0 Å². The molecule has 0 bridgehead atoms. The van der Waals surface area contributed by atoms with Crippen LogP contribution in [-0.2, 0) is 22.9 Å². The Hall–Kier alpha value is -1.69. The normalized spacial score (nSPS) is 13.0. The Balaban J connectivity index is 1.82. The maximum absolute atomic E-state index is 11.2. The zero-order chi connectivity index (χ0) is 16.9. The van der Waals surface area contributed by atoms with Gasteiger partial charge in [-0.3, -0.25) is 0 Å². The molecular weight excluding hydrogens is 308 g/mol. The maximum Gasteiger partial charge on any atom is 0.238 e. The minimum atomic E-state index is -3.61. The highest BCUT2D eigenvalue weighted by atomic mass is 32.2. The summed E-state index contributed by atoms with van der Waals surface area (Å²) in [7, 11) is -3.61. The van der Waals surface area contributed by atoms with E-state index in [-0.39, 0.29) is 4.90 Å². The molecule has 1 atom stereocenters. The lowest BCUT2D eigenvalue weighted by Gasteiger charge is -2.15. The van der Waals surface area contributed by atoms with Crippen molar-refractivity contribution in [2.75, 3.05) is 6.54 Å². The highest BCUT2D eigenvalue weighted by Gasteiger charge is 2.07. The van der Waals surface area contributed by atoms with E-state index in [2.05, 4.69) is 43.4 Å². The third-order valence-electron chi connectivity index (χ3n) is 3.95. The molecule has 124 valence electrons. The second kappa shape index (κ2) is 7.73. The van der Waals surface area contributed by atoms with Crippen molar-refractivity contribution in [1.29, 1.82) is 0 Å². The van der Waals surface area contributed by atoms with Gasteiger partial charge in [-0.2, -0.15) is 0 Å². The van der Waals surface area contributed by atoms with E-state index in [0.29, 0.717) is 6.04 Å². The molecule has 0 radical (unpaired) electrons. The van der Waals surface area contributed by atoms with E-state index in [1.807, 2.05) is 12.1 Å². The smallest absolute Gasteiger partial charge is 0.238 e. The Morgan fingerprint density at radius 1 is 1.09 bits per heavy atom. The molecule has 0 aliphatic rings. The van der Waals surface area contributed by atoms with E-state index < -0.39 is 10.0 Å². The van der Waals surface area contributed by atoms with E-state index in [9.17, 15) is 8.42 Å². The molecule has 2 aromatic carbocycles. The minimum absolute atomic E-state index is 0.155. The van der Waals surface area contributed by atoms with Crippen molar-refractivity contribution in [2.24, 2.45) is 5.14 Å². The van der Waals surface area contributed by atoms with Crippen molar-refractivity contribution in [2.45, 2.75) is 37.6 Å². The molecule has 5 heteroatoms. The number of nitrogens with one attached hydrogen (secondary N) is 1. The number of primary sulfonamides is 1. The van der Waals surface area contributed by atoms with Gasteiger partial charge >= 0.3 is 0 Å². The summed E-state index contributed by atoms with van der Waals surface area (Å²) in [5.41, 5.74) is 3.78. The van der Waals surface area contributed by atoms with Crippen LogP contribution in [0.15, 0.2) is 53.4 Å². The minimum Gasteiger partial charge on any atom is -0.314 e. The summed E-state index contributed by atoms with van der Waals surface area (Å²) in [4.78, 5) is 0.155. The van der Waals surface area contributed by atoms with Crippen LogP contribution in [0.4, 0.5) is 0 Å². The predicted octanol–water partition coefficient (Wildman–Crippen LogP) is 2.41. The number of hydrogen-bond acceptors (Lipinski definition) is 3. The largest absolute Gasteiger partial charge is 0.314 e. The molecular formula is C18H24N2O2S. The average molecular weight is 332 g/mol. The number of hydrogen-bond donors (Lipinski definition) is 2. The first-order valence-corrected chi connectivity index (χ1v) is 9.30. The SMILES string of the molecule is Cc1ccccc1CC(C)NCCc1ccc(S(N)(=O)=O)cc1. The van der Waals surface area contributed by atoms with E-state index in [1.165, 1.54) is 11.1 Å². The van der Waals surface area contributed by atoms with Gasteiger partial charge in [0.05, 0.1) is 4.90 Å². The molecule has 0 fully saturated rings. The first-order chi connectivity index (χ1) is 10.9. The van der Waals surface area contributed by atoms with Crippen LogP contribution in [0, 0.1) is 6.92 Å². The van der Waals surface area contributed by atoms with E-state index in [4.69, 9.17) is 5.14 Å². The molecule has 0 heterocycles. The van der Waals surface area contributed by atoms with Crippen LogP contribution in [0.25, 0.3) is 0 Å². The number of nitrogens with two attached hydrogens (primary N) is 1. The van der Waals surface area contributed by atoms with Crippen LogP contribution in [0.5, 0.6) is 0 Å². The monoisotopic (exact) mass is 332 g/mol. The lowest BCUT2D eigenvalue weighted by Crippen LogP contribution is -2.30. The third kappa shape index (κ3) is 5.46. The number of benzene rings is 2. The second-order valence-electron chi connectivity index (χ2n) is 5.92. The van der Waals surface area contributed by atoms with Crippen molar-refractivity contribution in [3.05, 3.63) is 65.2 Å². The molecule has 0 saturated carbocycles. The first kappa shape index (κ1) is 17.7. The Morgan fingerprint density at radius 3 is 2.35 bits per heavy atom. The van der Waals surface area contributed by atoms with Crippen molar-refractivity contribution in [3.8, 4) is 0 Å². The van der Waals surface area contributed by atoms with Crippen LogP contribution in [0.2, 0.25) is 0 Å². The standard InChI is InChI=1S/C18H24N2O2S/c1-14-5-3-4-6-17(14)13-15(2)20-12-11-16-7-9-18(10-8-16)23(19,21)22/h3-10,15,20H,11-13H2,1-2H3,(H2,19,21,22). The van der Waals surface area contributed by atoms with Gasteiger partial charge < -0.3 is 5.32 Å². The molecule has 0 aliphatic carbocycles.